The smallest absolute Gasteiger partial charge is 0.313 e. The molecule has 3 amide bonds. The van der Waals surface area contributed by atoms with Crippen molar-refractivity contribution in [1.82, 2.24) is 15.1 Å². The van der Waals surface area contributed by atoms with Crippen molar-refractivity contribution in [1.29, 1.82) is 0 Å². The Labute approximate surface area is 166 Å². The molecule has 27 heavy (non-hydrogen) atoms. The van der Waals surface area contributed by atoms with Gasteiger partial charge in [0.25, 0.3) is 5.91 Å². The molecule has 2 fully saturated rings. The maximum Gasteiger partial charge on any atom is 0.327 e. The number of unbranched alkanes of at least 4 members (excludes halogenated alkanes) is 1. The summed E-state index contributed by atoms with van der Waals surface area (Å²) >= 11 is 0. The van der Waals surface area contributed by atoms with E-state index in [0.717, 1.165) is 45.3 Å². The first-order valence-electron chi connectivity index (χ1n) is 9.55. The third kappa shape index (κ3) is 3.94. The van der Waals surface area contributed by atoms with Gasteiger partial charge in [-0.05, 0) is 48.6 Å². The van der Waals surface area contributed by atoms with Gasteiger partial charge in [-0.3, -0.25) is 9.69 Å². The number of carbonyl (C=O) groups is 2. The molecule has 2 aromatic rings. The summed E-state index contributed by atoms with van der Waals surface area (Å²) in [6.07, 6.45) is 3.58. The van der Waals surface area contributed by atoms with E-state index in [1.807, 2.05) is 0 Å². The van der Waals surface area contributed by atoms with Gasteiger partial charge in [0, 0.05) is 19.6 Å². The summed E-state index contributed by atoms with van der Waals surface area (Å²) in [4.78, 5) is 27.7. The van der Waals surface area contributed by atoms with Crippen molar-refractivity contribution in [3.8, 4) is 0 Å². The second-order valence-corrected chi connectivity index (χ2v) is 7.15. The number of rotatable bonds is 7. The minimum atomic E-state index is -0.174. The summed E-state index contributed by atoms with van der Waals surface area (Å²) in [7, 11) is 0. The highest BCUT2D eigenvalue weighted by atomic mass is 35.5. The largest absolute Gasteiger partial charge is 0.327 e. The lowest BCUT2D eigenvalue weighted by Crippen LogP contribution is -2.34. The van der Waals surface area contributed by atoms with Gasteiger partial charge in [0.05, 0.1) is 0 Å². The first-order chi connectivity index (χ1) is 12.8. The second-order valence-electron chi connectivity index (χ2n) is 7.15. The molecule has 6 heteroatoms. The quantitative estimate of drug-likeness (QED) is 0.583. The maximum atomic E-state index is 12.3. The van der Waals surface area contributed by atoms with E-state index < -0.39 is 0 Å². The summed E-state index contributed by atoms with van der Waals surface area (Å²) in [5.74, 6) is 0.0104. The van der Waals surface area contributed by atoms with E-state index in [2.05, 4.69) is 47.8 Å². The van der Waals surface area contributed by atoms with Crippen LogP contribution < -0.4 is 5.32 Å². The first-order valence-corrected chi connectivity index (χ1v) is 9.55. The fraction of sp³-hybridized carbons (Fsp3) is 0.429. The molecule has 2 saturated heterocycles. The molecule has 0 aliphatic carbocycles. The highest BCUT2D eigenvalue weighted by Crippen LogP contribution is 2.27. The number of urea groups is 1. The number of imide groups is 1. The molecule has 4 rings (SSSR count). The van der Waals surface area contributed by atoms with Crippen LogP contribution >= 0.6 is 12.4 Å². The van der Waals surface area contributed by atoms with Gasteiger partial charge in [-0.2, -0.15) is 0 Å². The van der Waals surface area contributed by atoms with E-state index in [1.165, 1.54) is 21.2 Å². The van der Waals surface area contributed by atoms with Crippen molar-refractivity contribution in [2.45, 2.75) is 38.3 Å². The summed E-state index contributed by atoms with van der Waals surface area (Å²) in [6.45, 7) is 2.99. The van der Waals surface area contributed by atoms with Gasteiger partial charge in [-0.1, -0.05) is 42.5 Å². The molecule has 0 radical (unpaired) electrons. The van der Waals surface area contributed by atoms with Crippen LogP contribution in [0.2, 0.25) is 0 Å². The number of fused-ring (bicyclic) bond motifs is 2. The van der Waals surface area contributed by atoms with Crippen molar-refractivity contribution < 1.29 is 9.59 Å². The molecule has 2 heterocycles. The zero-order valence-electron chi connectivity index (χ0n) is 15.4. The molecule has 2 aliphatic heterocycles. The van der Waals surface area contributed by atoms with Crippen LogP contribution in [0.1, 0.15) is 31.2 Å². The van der Waals surface area contributed by atoms with Gasteiger partial charge in [-0.25, -0.2) is 4.79 Å². The van der Waals surface area contributed by atoms with E-state index in [0.29, 0.717) is 6.54 Å². The molecule has 1 unspecified atom stereocenters. The monoisotopic (exact) mass is 387 g/mol. The number of hydrogen-bond donors (Lipinski definition) is 1. The van der Waals surface area contributed by atoms with E-state index >= 15 is 0 Å². The molecule has 5 nitrogen and oxygen atoms in total. The van der Waals surface area contributed by atoms with Crippen LogP contribution in [-0.2, 0) is 11.3 Å². The second kappa shape index (κ2) is 8.72. The molecule has 2 aromatic carbocycles. The normalized spacial score (nSPS) is 18.9. The maximum absolute atomic E-state index is 12.3. The van der Waals surface area contributed by atoms with Gasteiger partial charge < -0.3 is 10.2 Å². The third-order valence-electron chi connectivity index (χ3n) is 5.46. The fourth-order valence-electron chi connectivity index (χ4n) is 4.08. The van der Waals surface area contributed by atoms with Crippen molar-refractivity contribution in [2.24, 2.45) is 0 Å². The molecular weight excluding hydrogens is 362 g/mol. The minimum Gasteiger partial charge on any atom is -0.313 e. The number of amides is 3. The lowest BCUT2D eigenvalue weighted by Gasteiger charge is -2.15. The van der Waals surface area contributed by atoms with Crippen molar-refractivity contribution >= 4 is 35.1 Å². The molecule has 0 bridgehead atoms. The molecule has 144 valence electrons. The number of halogens is 1. The average Bonchev–Trinajstić information content (AvgIpc) is 3.23. The van der Waals surface area contributed by atoms with Gasteiger partial charge in [0.15, 0.2) is 0 Å². The Morgan fingerprint density at radius 3 is 2.70 bits per heavy atom. The standard InChI is InChI=1S/C21H25N3O2.ClH/c25-20-19-11-6-14-23(19)21(26)24(20)13-4-3-12-22-15-17-9-5-8-16-7-1-2-10-18(16)17;/h1-2,5,7-10,19,22H,3-4,6,11-15H2;1H. The lowest BCUT2D eigenvalue weighted by atomic mass is 10.0. The Hall–Kier alpha value is -2.11. The van der Waals surface area contributed by atoms with Crippen LogP contribution in [0.3, 0.4) is 0 Å². The Morgan fingerprint density at radius 1 is 1.04 bits per heavy atom. The Kier molecular flexibility index (Phi) is 6.34. The molecule has 1 N–H and O–H groups in total. The van der Waals surface area contributed by atoms with E-state index in [-0.39, 0.29) is 30.4 Å². The summed E-state index contributed by atoms with van der Waals surface area (Å²) in [5.41, 5.74) is 1.30. The van der Waals surface area contributed by atoms with Crippen LogP contribution in [-0.4, -0.2) is 47.4 Å². The number of carbonyl (C=O) groups excluding carboxylic acids is 2. The van der Waals surface area contributed by atoms with Crippen LogP contribution in [0.15, 0.2) is 42.5 Å². The van der Waals surface area contributed by atoms with E-state index in [4.69, 9.17) is 0 Å². The molecule has 0 spiro atoms. The molecular formula is C21H26ClN3O2. The van der Waals surface area contributed by atoms with Crippen LogP contribution in [0, 0.1) is 0 Å². The van der Waals surface area contributed by atoms with Gasteiger partial charge in [-0.15, -0.1) is 12.4 Å². The molecule has 0 saturated carbocycles. The Bertz CT molecular complexity index is 799. The van der Waals surface area contributed by atoms with E-state index in [1.54, 1.807) is 4.90 Å². The number of benzene rings is 2. The topological polar surface area (TPSA) is 52.7 Å². The summed E-state index contributed by atoms with van der Waals surface area (Å²) in [6, 6.07) is 14.5. The zero-order valence-corrected chi connectivity index (χ0v) is 16.2. The zero-order chi connectivity index (χ0) is 17.9. The molecule has 0 aromatic heterocycles. The fourth-order valence-corrected chi connectivity index (χ4v) is 4.08. The Balaban J connectivity index is 0.00000210. The highest BCUT2D eigenvalue weighted by molar-refractivity contribution is 6.04. The van der Waals surface area contributed by atoms with Crippen molar-refractivity contribution in [2.75, 3.05) is 19.6 Å². The molecule has 2 aliphatic rings. The van der Waals surface area contributed by atoms with Gasteiger partial charge in [0.1, 0.15) is 6.04 Å². The summed E-state index contributed by atoms with van der Waals surface area (Å²) in [5, 5.41) is 6.03. The SMILES string of the molecule is Cl.O=C1C2CCCN2C(=O)N1CCCCNCc1cccc2ccccc12. The first kappa shape index (κ1) is 19.6. The predicted octanol–water partition coefficient (Wildman–Crippen LogP) is 3.56. The van der Waals surface area contributed by atoms with E-state index in [9.17, 15) is 9.59 Å². The van der Waals surface area contributed by atoms with Crippen LogP contribution in [0.25, 0.3) is 10.8 Å². The summed E-state index contributed by atoms with van der Waals surface area (Å²) < 4.78 is 0. The minimum absolute atomic E-state index is 0. The molecule has 1 atom stereocenters. The van der Waals surface area contributed by atoms with Crippen LogP contribution in [0.4, 0.5) is 4.79 Å². The lowest BCUT2D eigenvalue weighted by molar-refractivity contribution is -0.128. The van der Waals surface area contributed by atoms with Crippen molar-refractivity contribution in [3.05, 3.63) is 48.0 Å². The number of nitrogens with zero attached hydrogens (tertiary/aromatic N) is 2. The third-order valence-corrected chi connectivity index (χ3v) is 5.46. The average molecular weight is 388 g/mol. The van der Waals surface area contributed by atoms with Gasteiger partial charge in [0.2, 0.25) is 0 Å². The van der Waals surface area contributed by atoms with Gasteiger partial charge >= 0.3 is 6.03 Å². The van der Waals surface area contributed by atoms with Crippen molar-refractivity contribution in [3.63, 3.8) is 0 Å². The predicted molar refractivity (Wildman–Crippen MR) is 109 cm³/mol. The Morgan fingerprint density at radius 2 is 1.85 bits per heavy atom. The number of nitrogens with one attached hydrogen (secondary N) is 1. The van der Waals surface area contributed by atoms with Crippen LogP contribution in [0.5, 0.6) is 0 Å². The number of hydrogen-bond acceptors (Lipinski definition) is 3. The highest BCUT2D eigenvalue weighted by Gasteiger charge is 2.46.